The molecule has 0 unspecified atom stereocenters. The molecule has 3 nitrogen and oxygen atoms in total. The van der Waals surface area contributed by atoms with Crippen molar-refractivity contribution in [3.8, 4) is 0 Å². The van der Waals surface area contributed by atoms with E-state index in [4.69, 9.17) is 15.4 Å². The number of fused-ring (bicyclic) bond motifs is 1. The van der Waals surface area contributed by atoms with Gasteiger partial charge in [-0.3, -0.25) is 0 Å². The van der Waals surface area contributed by atoms with E-state index >= 15 is 0 Å². The Hall–Kier alpha value is -0.726. The van der Waals surface area contributed by atoms with Crippen LogP contribution in [0.1, 0.15) is 127 Å². The van der Waals surface area contributed by atoms with Crippen molar-refractivity contribution in [3.63, 3.8) is 0 Å². The molecule has 4 fully saturated rings. The number of aliphatic hydroxyl groups excluding tert-OH is 1. The van der Waals surface area contributed by atoms with Crippen LogP contribution in [0, 0.1) is 28.6 Å². The van der Waals surface area contributed by atoms with Crippen molar-refractivity contribution >= 4 is 16.6 Å². The van der Waals surface area contributed by atoms with Crippen molar-refractivity contribution in [1.29, 1.82) is 0 Å². The molecule has 5 heteroatoms. The average molecular weight is 669 g/mol. The van der Waals surface area contributed by atoms with Gasteiger partial charge in [0.15, 0.2) is 16.6 Å². The van der Waals surface area contributed by atoms with Gasteiger partial charge in [0.1, 0.15) is 0 Å². The number of hydrogen-bond donors (Lipinski definition) is 1. The summed E-state index contributed by atoms with van der Waals surface area (Å²) < 4.78 is 14.2. The zero-order chi connectivity index (χ0) is 34.5. The van der Waals surface area contributed by atoms with Crippen LogP contribution in [0.4, 0.5) is 0 Å². The van der Waals surface area contributed by atoms with Crippen LogP contribution < -0.4 is 0 Å². The largest absolute Gasteiger partial charge is 0.413 e. The van der Waals surface area contributed by atoms with E-state index in [1.54, 1.807) is 5.57 Å². The molecule has 4 saturated carbocycles. The fourth-order valence-electron chi connectivity index (χ4n) is 8.55. The lowest BCUT2D eigenvalue weighted by Crippen LogP contribution is -2.49. The highest BCUT2D eigenvalue weighted by atomic mass is 28.4. The Kier molecular flexibility index (Phi) is 11.2. The Morgan fingerprint density at radius 1 is 0.935 bits per heavy atom. The van der Waals surface area contributed by atoms with Crippen molar-refractivity contribution in [1.82, 2.24) is 0 Å². The lowest BCUT2D eigenvalue weighted by atomic mass is 9.61. The monoisotopic (exact) mass is 669 g/mol. The molecule has 0 saturated heterocycles. The van der Waals surface area contributed by atoms with E-state index in [1.807, 2.05) is 0 Å². The van der Waals surface area contributed by atoms with E-state index in [9.17, 15) is 5.11 Å². The minimum absolute atomic E-state index is 0.0204. The van der Waals surface area contributed by atoms with Crippen molar-refractivity contribution in [2.45, 2.75) is 181 Å². The molecule has 0 spiro atoms. The van der Waals surface area contributed by atoms with Gasteiger partial charge in [-0.15, -0.1) is 0 Å². The van der Waals surface area contributed by atoms with Gasteiger partial charge in [-0.25, -0.2) is 0 Å². The smallest absolute Gasteiger partial charge is 0.192 e. The molecule has 4 rings (SSSR count). The highest BCUT2D eigenvalue weighted by Gasteiger charge is 2.51. The molecule has 46 heavy (non-hydrogen) atoms. The molecule has 4 aliphatic carbocycles. The molecule has 7 atom stereocenters. The van der Waals surface area contributed by atoms with Gasteiger partial charge >= 0.3 is 0 Å². The van der Waals surface area contributed by atoms with Crippen molar-refractivity contribution in [3.05, 3.63) is 47.6 Å². The number of rotatable bonds is 10. The van der Waals surface area contributed by atoms with Crippen molar-refractivity contribution in [2.24, 2.45) is 28.6 Å². The number of hydrogen-bond acceptors (Lipinski definition) is 3. The normalized spacial score (nSPS) is 33.9. The standard InChI is InChI=1S/C41H72O3Si2/c1-15-41(25-26-41)37(42)23-18-29(2)34-21-22-35-31(17-16-24-40(34,35)10)19-20-32-27-33(43-45(11,12)38(4,5)6)28-36(30(32)3)44-46(13,14)39(7,8)9/h18-20,23,29,33-37,42H,3,15-17,21-22,24-28H2,1-2,4-14H3/t29-,33-,34-,35+,36+,37-,40-/m1/s1. The second-order valence-electron chi connectivity index (χ2n) is 19.3. The van der Waals surface area contributed by atoms with Gasteiger partial charge in [-0.2, -0.15) is 0 Å². The van der Waals surface area contributed by atoms with Crippen LogP contribution in [-0.2, 0) is 8.85 Å². The van der Waals surface area contributed by atoms with E-state index in [0.717, 1.165) is 19.3 Å². The maximum atomic E-state index is 10.9. The molecule has 0 bridgehead atoms. The van der Waals surface area contributed by atoms with Crippen LogP contribution >= 0.6 is 0 Å². The van der Waals surface area contributed by atoms with Crippen LogP contribution in [0.25, 0.3) is 0 Å². The maximum Gasteiger partial charge on any atom is 0.192 e. The van der Waals surface area contributed by atoms with Gasteiger partial charge in [0.05, 0.1) is 18.3 Å². The first-order valence-corrected chi connectivity index (χ1v) is 24.7. The van der Waals surface area contributed by atoms with Gasteiger partial charge in [0.25, 0.3) is 0 Å². The van der Waals surface area contributed by atoms with Gasteiger partial charge < -0.3 is 14.0 Å². The highest BCUT2D eigenvalue weighted by molar-refractivity contribution is 6.74. The summed E-state index contributed by atoms with van der Waals surface area (Å²) in [5.41, 5.74) is 4.65. The minimum Gasteiger partial charge on any atom is -0.413 e. The molecule has 0 aromatic rings. The van der Waals surface area contributed by atoms with E-state index in [-0.39, 0.29) is 33.8 Å². The zero-order valence-corrected chi connectivity index (χ0v) is 34.3. The zero-order valence-electron chi connectivity index (χ0n) is 32.3. The van der Waals surface area contributed by atoms with Crippen LogP contribution in [0.5, 0.6) is 0 Å². The topological polar surface area (TPSA) is 38.7 Å². The summed E-state index contributed by atoms with van der Waals surface area (Å²) in [5.74, 6) is 1.81. The molecular formula is C41H72O3Si2. The molecular weight excluding hydrogens is 597 g/mol. The second-order valence-corrected chi connectivity index (χ2v) is 28.8. The number of aliphatic hydroxyl groups is 1. The predicted octanol–water partition coefficient (Wildman–Crippen LogP) is 11.9. The van der Waals surface area contributed by atoms with Crippen LogP contribution in [0.15, 0.2) is 47.6 Å². The SMILES string of the molecule is C=C1C(=CC=C2CCC[C@]3(C)[C@@H]([C@H](C)C=C[C@@H](O)C4(CC)CC4)CC[C@@H]23)C[C@@H](O[Si](C)(C)C(C)(C)C)C[C@@H]1O[Si](C)(C)C(C)(C)C. The van der Waals surface area contributed by atoms with Gasteiger partial charge in [0.2, 0.25) is 0 Å². The van der Waals surface area contributed by atoms with Gasteiger partial charge in [0, 0.05) is 6.42 Å². The fraction of sp³-hybridized carbons (Fsp3) is 0.805. The molecule has 0 aromatic heterocycles. The lowest BCUT2D eigenvalue weighted by molar-refractivity contribution is 0.0969. The first kappa shape index (κ1) is 38.1. The summed E-state index contributed by atoms with van der Waals surface area (Å²) in [6, 6.07) is 0. The summed E-state index contributed by atoms with van der Waals surface area (Å²) in [5, 5.41) is 11.2. The van der Waals surface area contributed by atoms with Gasteiger partial charge in [-0.05, 0) is 134 Å². The predicted molar refractivity (Wildman–Crippen MR) is 203 cm³/mol. The summed E-state index contributed by atoms with van der Waals surface area (Å²) in [6.07, 6.45) is 21.0. The molecule has 262 valence electrons. The third-order valence-corrected chi connectivity index (χ3v) is 23.2. The Labute approximate surface area is 287 Å². The Morgan fingerprint density at radius 2 is 1.54 bits per heavy atom. The third-order valence-electron chi connectivity index (χ3n) is 14.2. The average Bonchev–Trinajstić information content (AvgIpc) is 3.65. The Balaban J connectivity index is 1.57. The van der Waals surface area contributed by atoms with E-state index < -0.39 is 16.6 Å². The summed E-state index contributed by atoms with van der Waals surface area (Å²) in [4.78, 5) is 0. The molecule has 0 aliphatic heterocycles. The Bertz CT molecular complexity index is 1190. The van der Waals surface area contributed by atoms with Crippen molar-refractivity contribution < 1.29 is 14.0 Å². The summed E-state index contributed by atoms with van der Waals surface area (Å²) in [6.45, 7) is 35.4. The van der Waals surface area contributed by atoms with E-state index in [1.165, 1.54) is 56.1 Å². The minimum atomic E-state index is -1.98. The summed E-state index contributed by atoms with van der Waals surface area (Å²) >= 11 is 0. The molecule has 1 N–H and O–H groups in total. The molecule has 0 heterocycles. The first-order valence-electron chi connectivity index (χ1n) is 18.9. The van der Waals surface area contributed by atoms with Crippen LogP contribution in [0.2, 0.25) is 36.3 Å². The van der Waals surface area contributed by atoms with E-state index in [0.29, 0.717) is 23.2 Å². The lowest BCUT2D eigenvalue weighted by Gasteiger charge is -2.45. The third kappa shape index (κ3) is 7.85. The highest BCUT2D eigenvalue weighted by Crippen LogP contribution is 2.60. The number of allylic oxidation sites excluding steroid dienone is 4. The quantitative estimate of drug-likeness (QED) is 0.186. The second kappa shape index (κ2) is 13.5. The van der Waals surface area contributed by atoms with E-state index in [2.05, 4.69) is 113 Å². The van der Waals surface area contributed by atoms with Crippen LogP contribution in [-0.4, -0.2) is 40.1 Å². The van der Waals surface area contributed by atoms with Crippen LogP contribution in [0.3, 0.4) is 0 Å². The molecule has 0 amide bonds. The fourth-order valence-corrected chi connectivity index (χ4v) is 11.2. The van der Waals surface area contributed by atoms with Crippen molar-refractivity contribution in [2.75, 3.05) is 0 Å². The maximum absolute atomic E-state index is 10.9. The van der Waals surface area contributed by atoms with Gasteiger partial charge in [-0.1, -0.05) is 98.8 Å². The summed E-state index contributed by atoms with van der Waals surface area (Å²) in [7, 11) is -3.91. The Morgan fingerprint density at radius 3 is 2.11 bits per heavy atom. The molecule has 4 aliphatic rings. The molecule has 0 aromatic carbocycles. The first-order chi connectivity index (χ1) is 21.1. The molecule has 0 radical (unpaired) electrons.